The summed E-state index contributed by atoms with van der Waals surface area (Å²) in [4.78, 5) is 4.71. The number of hydrogen-bond acceptors (Lipinski definition) is 1. The van der Waals surface area contributed by atoms with Gasteiger partial charge in [0.1, 0.15) is 0 Å². The lowest BCUT2D eigenvalue weighted by molar-refractivity contribution is -0.139. The molecule has 0 atom stereocenters. The van der Waals surface area contributed by atoms with Crippen molar-refractivity contribution in [3.63, 3.8) is 0 Å². The highest BCUT2D eigenvalue weighted by Crippen LogP contribution is 2.52. The molecule has 4 rings (SSSR count). The number of halogens is 3. The molecule has 5 heteroatoms. The lowest BCUT2D eigenvalue weighted by Gasteiger charge is -2.24. The van der Waals surface area contributed by atoms with Crippen LogP contribution in [0.5, 0.6) is 0 Å². The van der Waals surface area contributed by atoms with Crippen LogP contribution in [0.4, 0.5) is 13.2 Å². The Labute approximate surface area is 187 Å². The molecule has 0 saturated heterocycles. The Morgan fingerprint density at radius 2 is 1.16 bits per heavy atom. The Morgan fingerprint density at radius 3 is 1.71 bits per heavy atom. The van der Waals surface area contributed by atoms with E-state index in [1.54, 1.807) is 6.07 Å². The summed E-state index contributed by atoms with van der Waals surface area (Å²) in [6.45, 7) is 1.96. The summed E-state index contributed by atoms with van der Waals surface area (Å²) in [7, 11) is -0.748. The van der Waals surface area contributed by atoms with Gasteiger partial charge >= 0.3 is 6.18 Å². The van der Waals surface area contributed by atoms with Gasteiger partial charge in [-0.2, -0.15) is 24.1 Å². The van der Waals surface area contributed by atoms with Crippen LogP contribution in [0, 0.1) is 6.92 Å². The van der Waals surface area contributed by atoms with Crippen LogP contribution in [0.25, 0.3) is 0 Å². The van der Waals surface area contributed by atoms with Crippen molar-refractivity contribution in [3.8, 4) is 0 Å². The molecule has 0 amide bonds. The molecule has 0 aliphatic rings. The van der Waals surface area contributed by atoms with Crippen LogP contribution >= 0.6 is 22.7 Å². The van der Waals surface area contributed by atoms with Gasteiger partial charge in [0.05, 0.1) is 5.56 Å². The quantitative estimate of drug-likeness (QED) is 0.294. The van der Waals surface area contributed by atoms with E-state index in [2.05, 4.69) is 36.4 Å². The third-order valence-electron chi connectivity index (χ3n) is 4.86. The predicted octanol–water partition coefficient (Wildman–Crippen LogP) is 8.64. The van der Waals surface area contributed by atoms with Gasteiger partial charge in [-0.15, -0.1) is 0 Å². The normalized spacial score (nSPS) is 11.9. The SMILES string of the molecule is Cc1cc([SH](c2ccccc2)c2ccccc2)ccc1Sc1ccccc1C(F)(F)F. The third-order valence-corrected chi connectivity index (χ3v) is 8.54. The maximum Gasteiger partial charge on any atom is 0.417 e. The fourth-order valence-corrected chi connectivity index (χ4v) is 6.81. The van der Waals surface area contributed by atoms with E-state index in [0.717, 1.165) is 16.5 Å². The van der Waals surface area contributed by atoms with Crippen LogP contribution < -0.4 is 0 Å². The van der Waals surface area contributed by atoms with E-state index >= 15 is 0 Å². The van der Waals surface area contributed by atoms with Gasteiger partial charge in [-0.05, 0) is 81.8 Å². The summed E-state index contributed by atoms with van der Waals surface area (Å²) in [5.74, 6) is 0. The summed E-state index contributed by atoms with van der Waals surface area (Å²) >= 11 is 1.17. The lowest BCUT2D eigenvalue weighted by atomic mass is 10.2. The van der Waals surface area contributed by atoms with Gasteiger partial charge in [0, 0.05) is 9.79 Å². The second-order valence-corrected chi connectivity index (χ2v) is 10.4. The molecule has 0 saturated carbocycles. The van der Waals surface area contributed by atoms with Crippen LogP contribution in [-0.4, -0.2) is 0 Å². The minimum atomic E-state index is -4.37. The highest BCUT2D eigenvalue weighted by atomic mass is 32.2. The van der Waals surface area contributed by atoms with E-state index in [0.29, 0.717) is 0 Å². The fraction of sp³-hybridized carbons (Fsp3) is 0.0769. The van der Waals surface area contributed by atoms with E-state index < -0.39 is 22.6 Å². The maximum absolute atomic E-state index is 13.4. The zero-order chi connectivity index (χ0) is 21.8. The molecule has 4 aromatic rings. The summed E-state index contributed by atoms with van der Waals surface area (Å²) in [5.41, 5.74) is 0.373. The molecule has 0 heterocycles. The first-order valence-corrected chi connectivity index (χ1v) is 11.9. The monoisotopic (exact) mass is 454 g/mol. The zero-order valence-corrected chi connectivity index (χ0v) is 18.5. The largest absolute Gasteiger partial charge is 0.417 e. The van der Waals surface area contributed by atoms with Crippen LogP contribution in [0.15, 0.2) is 128 Å². The average molecular weight is 455 g/mol. The minimum Gasteiger partial charge on any atom is -0.173 e. The predicted molar refractivity (Wildman–Crippen MR) is 123 cm³/mol. The molecule has 0 spiro atoms. The molecule has 0 aromatic heterocycles. The van der Waals surface area contributed by atoms with Crippen molar-refractivity contribution in [2.45, 2.75) is 37.6 Å². The summed E-state index contributed by atoms with van der Waals surface area (Å²) in [6, 6.07) is 32.6. The fourth-order valence-electron chi connectivity index (χ4n) is 3.40. The van der Waals surface area contributed by atoms with Crippen molar-refractivity contribution >= 4 is 22.7 Å². The van der Waals surface area contributed by atoms with Crippen LogP contribution in [0.1, 0.15) is 11.1 Å². The Balaban J connectivity index is 1.71. The van der Waals surface area contributed by atoms with Gasteiger partial charge in [-0.1, -0.05) is 60.3 Å². The van der Waals surface area contributed by atoms with E-state index in [-0.39, 0.29) is 4.90 Å². The molecule has 4 aromatic carbocycles. The maximum atomic E-state index is 13.4. The highest BCUT2D eigenvalue weighted by molar-refractivity contribution is 8.17. The number of rotatable bonds is 5. The average Bonchev–Trinajstić information content (AvgIpc) is 2.77. The Hall–Kier alpha value is -2.63. The van der Waals surface area contributed by atoms with Crippen molar-refractivity contribution in [1.29, 1.82) is 0 Å². The van der Waals surface area contributed by atoms with Gasteiger partial charge in [0.2, 0.25) is 0 Å². The first kappa shape index (κ1) is 21.6. The standard InChI is InChI=1S/C26H21F3S2/c1-19-18-22(31(20-10-4-2-5-11-20)21-12-6-3-7-13-21)16-17-24(19)30-25-15-9-8-14-23(25)26(27,28)29/h2-18,31H,1H3. The molecule has 0 fully saturated rings. The third kappa shape index (κ3) is 5.00. The van der Waals surface area contributed by atoms with Crippen LogP contribution in [0.3, 0.4) is 0 Å². The molecule has 0 aliphatic carbocycles. The van der Waals surface area contributed by atoms with Crippen molar-refractivity contribution in [1.82, 2.24) is 0 Å². The van der Waals surface area contributed by atoms with Crippen molar-refractivity contribution < 1.29 is 13.2 Å². The molecule has 0 aliphatic heterocycles. The molecule has 158 valence electrons. The second kappa shape index (κ2) is 9.25. The van der Waals surface area contributed by atoms with E-state index in [1.165, 1.54) is 38.6 Å². The smallest absolute Gasteiger partial charge is 0.173 e. The second-order valence-electron chi connectivity index (χ2n) is 7.05. The van der Waals surface area contributed by atoms with Gasteiger partial charge in [0.15, 0.2) is 0 Å². The summed E-state index contributed by atoms with van der Waals surface area (Å²) < 4.78 is 40.2. The Morgan fingerprint density at radius 1 is 0.613 bits per heavy atom. The molecule has 31 heavy (non-hydrogen) atoms. The first-order valence-electron chi connectivity index (χ1n) is 9.78. The van der Waals surface area contributed by atoms with Gasteiger partial charge in [0.25, 0.3) is 0 Å². The molecule has 0 unspecified atom stereocenters. The lowest BCUT2D eigenvalue weighted by Crippen LogP contribution is -2.06. The molecular weight excluding hydrogens is 433 g/mol. The van der Waals surface area contributed by atoms with Crippen LogP contribution in [0.2, 0.25) is 0 Å². The number of thiol groups is 1. The van der Waals surface area contributed by atoms with E-state index in [9.17, 15) is 13.2 Å². The molecule has 0 nitrogen and oxygen atoms in total. The van der Waals surface area contributed by atoms with Crippen molar-refractivity contribution in [2.75, 3.05) is 0 Å². The Bertz CT molecular complexity index is 1120. The first-order chi connectivity index (χ1) is 14.9. The van der Waals surface area contributed by atoms with Crippen molar-refractivity contribution in [2.24, 2.45) is 0 Å². The minimum absolute atomic E-state index is 0.222. The zero-order valence-electron chi connectivity index (χ0n) is 16.8. The van der Waals surface area contributed by atoms with E-state index in [1.807, 2.05) is 49.4 Å². The van der Waals surface area contributed by atoms with E-state index in [4.69, 9.17) is 0 Å². The van der Waals surface area contributed by atoms with Gasteiger partial charge in [-0.3, -0.25) is 0 Å². The number of aryl methyl sites for hydroxylation is 1. The topological polar surface area (TPSA) is 0 Å². The van der Waals surface area contributed by atoms with Crippen LogP contribution in [-0.2, 0) is 6.18 Å². The molecule has 0 bridgehead atoms. The van der Waals surface area contributed by atoms with Gasteiger partial charge in [-0.25, -0.2) is 0 Å². The van der Waals surface area contributed by atoms with Crippen molar-refractivity contribution in [3.05, 3.63) is 114 Å². The van der Waals surface area contributed by atoms with Gasteiger partial charge < -0.3 is 0 Å². The molecule has 0 N–H and O–H groups in total. The summed E-state index contributed by atoms with van der Waals surface area (Å²) in [5, 5.41) is 0. The molecule has 0 radical (unpaired) electrons. The highest BCUT2D eigenvalue weighted by Gasteiger charge is 2.33. The number of alkyl halides is 3. The number of hydrogen-bond donors (Lipinski definition) is 1. The summed E-state index contributed by atoms with van der Waals surface area (Å²) in [6.07, 6.45) is -4.37. The Kier molecular flexibility index (Phi) is 6.44. The molecular formula is C26H21F3S2. The number of benzene rings is 4.